The van der Waals surface area contributed by atoms with Gasteiger partial charge in [0, 0.05) is 0 Å². The molecular formula is C56H50. The lowest BCUT2D eigenvalue weighted by Gasteiger charge is -2.16. The van der Waals surface area contributed by atoms with Crippen molar-refractivity contribution in [3.63, 3.8) is 0 Å². The van der Waals surface area contributed by atoms with E-state index in [4.69, 9.17) is 0 Å². The Hall–Kier alpha value is -6.50. The molecule has 0 heterocycles. The van der Waals surface area contributed by atoms with E-state index in [1.54, 1.807) is 0 Å². The van der Waals surface area contributed by atoms with Gasteiger partial charge >= 0.3 is 0 Å². The zero-order chi connectivity index (χ0) is 39.3. The molecule has 0 unspecified atom stereocenters. The molecule has 1 aliphatic rings. The summed E-state index contributed by atoms with van der Waals surface area (Å²) in [6.07, 6.45) is 13.2. The van der Waals surface area contributed by atoms with Crippen LogP contribution in [0.4, 0.5) is 0 Å². The van der Waals surface area contributed by atoms with Crippen molar-refractivity contribution in [1.29, 1.82) is 0 Å². The van der Waals surface area contributed by atoms with Gasteiger partial charge in [0.1, 0.15) is 0 Å². The van der Waals surface area contributed by atoms with Gasteiger partial charge < -0.3 is 0 Å². The van der Waals surface area contributed by atoms with Gasteiger partial charge in [0.2, 0.25) is 0 Å². The van der Waals surface area contributed by atoms with Crippen molar-refractivity contribution in [3.8, 4) is 55.6 Å². The van der Waals surface area contributed by atoms with Crippen molar-refractivity contribution in [2.45, 2.75) is 41.0 Å². The van der Waals surface area contributed by atoms with E-state index in [0.29, 0.717) is 0 Å². The van der Waals surface area contributed by atoms with Crippen LogP contribution in [0.15, 0.2) is 200 Å². The number of allylic oxidation sites excluding steroid dienone is 10. The molecular weight excluding hydrogens is 673 g/mol. The van der Waals surface area contributed by atoms with Crippen LogP contribution >= 0.6 is 0 Å². The highest BCUT2D eigenvalue weighted by atomic mass is 14.3. The van der Waals surface area contributed by atoms with E-state index in [9.17, 15) is 0 Å². The monoisotopic (exact) mass is 722 g/mol. The smallest absolute Gasteiger partial charge is 0.00109 e. The van der Waals surface area contributed by atoms with Gasteiger partial charge in [-0.25, -0.2) is 0 Å². The predicted octanol–water partition coefficient (Wildman–Crippen LogP) is 15.9. The van der Waals surface area contributed by atoms with E-state index in [1.165, 1.54) is 106 Å². The van der Waals surface area contributed by atoms with Crippen molar-refractivity contribution >= 4 is 11.6 Å². The minimum absolute atomic E-state index is 0.874. The molecule has 0 heteroatoms. The molecule has 0 saturated carbocycles. The molecule has 0 N–H and O–H groups in total. The zero-order valence-electron chi connectivity index (χ0n) is 33.4. The summed E-state index contributed by atoms with van der Waals surface area (Å²) < 4.78 is 0. The fourth-order valence-corrected chi connectivity index (χ4v) is 8.20. The minimum atomic E-state index is 0.874. The molecule has 56 heavy (non-hydrogen) atoms. The molecule has 7 rings (SSSR count). The maximum Gasteiger partial charge on any atom is -0.00109 e. The summed E-state index contributed by atoms with van der Waals surface area (Å²) in [5.41, 5.74) is 24.6. The SMILES string of the molecule is C=C/C=C(\C1=C(C)C(/C=C\C)=C(C=C)C1)c1ccc(-c2ccc(C)c(-c3cc(-c4ccc(-c5cccc(-c6ccccc6C)c5C=C)cc4)ccc3C)c2)cc1. The van der Waals surface area contributed by atoms with Crippen molar-refractivity contribution in [1.82, 2.24) is 0 Å². The van der Waals surface area contributed by atoms with Crippen LogP contribution in [-0.4, -0.2) is 0 Å². The molecule has 0 radical (unpaired) electrons. The first-order valence-corrected chi connectivity index (χ1v) is 19.5. The number of rotatable bonds is 11. The fourth-order valence-electron chi connectivity index (χ4n) is 8.20. The van der Waals surface area contributed by atoms with Crippen molar-refractivity contribution in [2.24, 2.45) is 0 Å². The summed E-state index contributed by atoms with van der Waals surface area (Å²) >= 11 is 0. The fraction of sp³-hybridized carbons (Fsp3) is 0.107. The van der Waals surface area contributed by atoms with Gasteiger partial charge in [-0.3, -0.25) is 0 Å². The summed E-state index contributed by atoms with van der Waals surface area (Å²) in [6, 6.07) is 46.8. The summed E-state index contributed by atoms with van der Waals surface area (Å²) in [7, 11) is 0. The van der Waals surface area contributed by atoms with Crippen molar-refractivity contribution in [2.75, 3.05) is 0 Å². The summed E-state index contributed by atoms with van der Waals surface area (Å²) in [5.74, 6) is 0. The first kappa shape index (κ1) is 37.8. The summed E-state index contributed by atoms with van der Waals surface area (Å²) in [6.45, 7) is 23.2. The maximum absolute atomic E-state index is 4.21. The van der Waals surface area contributed by atoms with E-state index in [2.05, 4.69) is 200 Å². The molecule has 0 aromatic heterocycles. The highest BCUT2D eigenvalue weighted by Crippen LogP contribution is 2.42. The first-order chi connectivity index (χ1) is 27.3. The van der Waals surface area contributed by atoms with Gasteiger partial charge in [-0.05, 0) is 164 Å². The maximum atomic E-state index is 4.21. The summed E-state index contributed by atoms with van der Waals surface area (Å²) in [5, 5.41) is 0. The Morgan fingerprint density at radius 1 is 0.518 bits per heavy atom. The van der Waals surface area contributed by atoms with Gasteiger partial charge in [-0.2, -0.15) is 0 Å². The number of hydrogen-bond donors (Lipinski definition) is 0. The van der Waals surface area contributed by atoms with Crippen LogP contribution in [0.1, 0.15) is 48.1 Å². The van der Waals surface area contributed by atoms with Crippen LogP contribution in [0.2, 0.25) is 0 Å². The van der Waals surface area contributed by atoms with Gasteiger partial charge in [0.05, 0.1) is 0 Å². The lowest BCUT2D eigenvalue weighted by molar-refractivity contribution is 1.25. The van der Waals surface area contributed by atoms with Crippen LogP contribution in [0.25, 0.3) is 67.3 Å². The third-order valence-corrected chi connectivity index (χ3v) is 11.3. The lowest BCUT2D eigenvalue weighted by atomic mass is 9.88. The molecule has 0 bridgehead atoms. The van der Waals surface area contributed by atoms with E-state index in [1.807, 2.05) is 18.2 Å². The topological polar surface area (TPSA) is 0 Å². The normalized spacial score (nSPS) is 13.1. The molecule has 274 valence electrons. The Kier molecular flexibility index (Phi) is 11.1. The molecule has 0 amide bonds. The largest absolute Gasteiger partial charge is 0.0990 e. The minimum Gasteiger partial charge on any atom is -0.0990 e. The Balaban J connectivity index is 1.18. The predicted molar refractivity (Wildman–Crippen MR) is 245 cm³/mol. The molecule has 0 saturated heterocycles. The molecule has 0 aliphatic heterocycles. The van der Waals surface area contributed by atoms with E-state index in [-0.39, 0.29) is 0 Å². The van der Waals surface area contributed by atoms with Crippen LogP contribution in [-0.2, 0) is 0 Å². The molecule has 0 fully saturated rings. The van der Waals surface area contributed by atoms with Gasteiger partial charge in [-0.15, -0.1) is 0 Å². The second kappa shape index (κ2) is 16.5. The van der Waals surface area contributed by atoms with E-state index < -0.39 is 0 Å². The average molecular weight is 723 g/mol. The molecule has 0 nitrogen and oxygen atoms in total. The third-order valence-electron chi connectivity index (χ3n) is 11.3. The molecule has 1 aliphatic carbocycles. The van der Waals surface area contributed by atoms with Crippen molar-refractivity contribution < 1.29 is 0 Å². The molecule has 6 aromatic rings. The summed E-state index contributed by atoms with van der Waals surface area (Å²) in [4.78, 5) is 0. The second-order valence-corrected chi connectivity index (χ2v) is 14.7. The zero-order valence-corrected chi connectivity index (χ0v) is 33.4. The Morgan fingerprint density at radius 2 is 1.05 bits per heavy atom. The number of benzene rings is 6. The second-order valence-electron chi connectivity index (χ2n) is 14.7. The van der Waals surface area contributed by atoms with Crippen LogP contribution < -0.4 is 0 Å². The highest BCUT2D eigenvalue weighted by molar-refractivity contribution is 5.89. The average Bonchev–Trinajstić information content (AvgIpc) is 3.54. The third kappa shape index (κ3) is 7.31. The Labute approximate surface area is 334 Å². The van der Waals surface area contributed by atoms with E-state index >= 15 is 0 Å². The number of aryl methyl sites for hydroxylation is 3. The highest BCUT2D eigenvalue weighted by Gasteiger charge is 2.22. The van der Waals surface area contributed by atoms with E-state index in [0.717, 1.165) is 12.0 Å². The first-order valence-electron chi connectivity index (χ1n) is 19.5. The van der Waals surface area contributed by atoms with Crippen molar-refractivity contribution in [3.05, 3.63) is 228 Å². The lowest BCUT2D eigenvalue weighted by Crippen LogP contribution is -1.93. The van der Waals surface area contributed by atoms with Gasteiger partial charge in [0.25, 0.3) is 0 Å². The quantitative estimate of drug-likeness (QED) is 0.117. The Morgan fingerprint density at radius 3 is 1.62 bits per heavy atom. The number of hydrogen-bond acceptors (Lipinski definition) is 0. The van der Waals surface area contributed by atoms with Crippen LogP contribution in [0, 0.1) is 20.8 Å². The molecule has 6 aromatic carbocycles. The van der Waals surface area contributed by atoms with Crippen LogP contribution in [0.3, 0.4) is 0 Å². The molecule has 0 atom stereocenters. The standard InChI is InChI=1S/C56H50/c1-9-16-50-40(8)56(34-41(50)11-3)51(17-10-2)44-30-26-42(27-31-44)46-24-22-38(6)54(35-46)55-36-47(25-23-39(55)7)43-28-32-45(33-29-43)52-20-15-21-53(48(52)12-4)49-19-14-13-18-37(49)5/h9-33,35-36H,2-4,34H2,1,5-8H3/b16-9-,51-17-. The van der Waals surface area contributed by atoms with Gasteiger partial charge in [0.15, 0.2) is 0 Å². The molecule has 0 spiro atoms. The Bertz CT molecular complexity index is 2610. The van der Waals surface area contributed by atoms with Gasteiger partial charge in [-0.1, -0.05) is 171 Å². The van der Waals surface area contributed by atoms with Crippen LogP contribution in [0.5, 0.6) is 0 Å².